The predicted molar refractivity (Wildman–Crippen MR) is 282 cm³/mol. The maximum absolute atomic E-state index is 6.43. The quantitative estimate of drug-likeness (QED) is 0.0901. The molecule has 0 fully saturated rings. The van der Waals surface area contributed by atoms with E-state index in [4.69, 9.17) is 8.85 Å². The first kappa shape index (κ1) is 43.3. The second kappa shape index (κ2) is 16.4. The minimum atomic E-state index is -1.78. The van der Waals surface area contributed by atoms with Gasteiger partial charge in [0, 0.05) is 33.5 Å². The molecule has 0 heterocycles. The van der Waals surface area contributed by atoms with Crippen LogP contribution in [0, 0.1) is 0 Å². The van der Waals surface area contributed by atoms with Crippen molar-refractivity contribution in [2.75, 3.05) is 9.80 Å². The fourth-order valence-corrected chi connectivity index (χ4v) is 12.4. The zero-order valence-corrected chi connectivity index (χ0v) is 42.7. The van der Waals surface area contributed by atoms with Crippen LogP contribution in [-0.4, -0.2) is 32.8 Å². The lowest BCUT2D eigenvalue weighted by atomic mass is 9.93. The van der Waals surface area contributed by atoms with Crippen molar-refractivity contribution in [2.24, 2.45) is 0 Å². The lowest BCUT2D eigenvalue weighted by Crippen LogP contribution is -2.37. The fourth-order valence-electron chi connectivity index (χ4n) is 8.39. The molecular weight excluding hydrogens is 821 g/mol. The molecule has 8 aromatic carbocycles. The van der Waals surface area contributed by atoms with Gasteiger partial charge in [-0.05, 0) is 146 Å². The highest BCUT2D eigenvalue weighted by Crippen LogP contribution is 2.48. The summed E-state index contributed by atoms with van der Waals surface area (Å²) < 4.78 is 12.9. The lowest BCUT2D eigenvalue weighted by molar-refractivity contribution is 0.557. The monoisotopic (exact) mass is 882 g/mol. The predicted octanol–water partition coefficient (Wildman–Crippen LogP) is 15.6. The first-order valence-corrected chi connectivity index (χ1v) is 35.8. The average molecular weight is 883 g/mol. The molecule has 0 saturated carbocycles. The molecule has 0 aromatic heterocycles. The van der Waals surface area contributed by atoms with Gasteiger partial charge in [-0.1, -0.05) is 122 Å². The third kappa shape index (κ3) is 9.20. The van der Waals surface area contributed by atoms with Gasteiger partial charge < -0.3 is 18.7 Å². The normalized spacial score (nSPS) is 12.5. The Kier molecular flexibility index (Phi) is 11.4. The summed E-state index contributed by atoms with van der Waals surface area (Å²) in [5, 5.41) is 10.1. The Labute approximate surface area is 374 Å². The third-order valence-corrected chi connectivity index (χ3v) is 17.2. The Morgan fingerprint density at radius 1 is 0.306 bits per heavy atom. The minimum Gasteiger partial charge on any atom is -0.544 e. The van der Waals surface area contributed by atoms with Crippen molar-refractivity contribution >= 4 is 110 Å². The highest BCUT2D eigenvalue weighted by molar-refractivity contribution is 6.89. The molecule has 0 bridgehead atoms. The molecule has 8 aromatic rings. The van der Waals surface area contributed by atoms with Gasteiger partial charge in [-0.3, -0.25) is 0 Å². The van der Waals surface area contributed by atoms with E-state index in [1.54, 1.807) is 0 Å². The van der Waals surface area contributed by atoms with Crippen molar-refractivity contribution in [3.63, 3.8) is 0 Å². The van der Waals surface area contributed by atoms with Crippen molar-refractivity contribution in [3.8, 4) is 11.5 Å². The third-order valence-electron chi connectivity index (χ3n) is 11.3. The van der Waals surface area contributed by atoms with E-state index in [9.17, 15) is 0 Å². The van der Waals surface area contributed by atoms with Crippen LogP contribution in [0.4, 0.5) is 34.1 Å². The Bertz CT molecular complexity index is 2670. The fraction of sp³-hybridized carbons (Fsp3) is 0.222. The molecule has 0 atom stereocenters. The topological polar surface area (TPSA) is 24.9 Å². The van der Waals surface area contributed by atoms with Gasteiger partial charge in [0.25, 0.3) is 0 Å². The number of benzene rings is 8. The number of anilines is 6. The van der Waals surface area contributed by atoms with E-state index in [-0.39, 0.29) is 0 Å². The maximum atomic E-state index is 6.43. The molecule has 0 radical (unpaired) electrons. The number of rotatable bonds is 12. The first-order chi connectivity index (χ1) is 29.2. The molecular formula is C54H62N2O2Si4. The van der Waals surface area contributed by atoms with Crippen LogP contribution in [0.25, 0.3) is 32.3 Å². The largest absolute Gasteiger partial charge is 0.544 e. The van der Waals surface area contributed by atoms with Crippen molar-refractivity contribution in [1.29, 1.82) is 0 Å². The Balaban J connectivity index is 1.38. The molecule has 0 spiro atoms. The Morgan fingerprint density at radius 2 is 0.581 bits per heavy atom. The van der Waals surface area contributed by atoms with Gasteiger partial charge in [0.2, 0.25) is 16.6 Å². The van der Waals surface area contributed by atoms with Crippen molar-refractivity contribution in [1.82, 2.24) is 0 Å². The molecule has 8 heteroatoms. The maximum Gasteiger partial charge on any atom is 0.242 e. The van der Waals surface area contributed by atoms with Crippen LogP contribution in [-0.2, 0) is 0 Å². The summed E-state index contributed by atoms with van der Waals surface area (Å²) in [6.45, 7) is 27.8. The van der Waals surface area contributed by atoms with Crippen molar-refractivity contribution in [3.05, 3.63) is 158 Å². The van der Waals surface area contributed by atoms with Crippen LogP contribution < -0.4 is 29.0 Å². The Morgan fingerprint density at radius 3 is 0.855 bits per heavy atom. The zero-order valence-electron chi connectivity index (χ0n) is 38.7. The van der Waals surface area contributed by atoms with E-state index >= 15 is 0 Å². The molecule has 4 nitrogen and oxygen atoms in total. The van der Waals surface area contributed by atoms with E-state index in [0.29, 0.717) is 0 Å². The number of nitrogens with zero attached hydrogens (tertiary/aromatic N) is 2. The molecule has 62 heavy (non-hydrogen) atoms. The highest BCUT2D eigenvalue weighted by atomic mass is 28.4. The average Bonchev–Trinajstić information content (AvgIpc) is 3.21. The zero-order chi connectivity index (χ0) is 44.2. The summed E-state index contributed by atoms with van der Waals surface area (Å²) in [6.07, 6.45) is 0. The number of fused-ring (bicyclic) bond motifs is 5. The van der Waals surface area contributed by atoms with Gasteiger partial charge >= 0.3 is 0 Å². The minimum absolute atomic E-state index is 0.918. The van der Waals surface area contributed by atoms with Crippen molar-refractivity contribution < 1.29 is 8.85 Å². The second-order valence-corrected chi connectivity index (χ2v) is 39.7. The van der Waals surface area contributed by atoms with Crippen LogP contribution in [0.3, 0.4) is 0 Å². The summed E-state index contributed by atoms with van der Waals surface area (Å²) in [6, 6.07) is 58.8. The van der Waals surface area contributed by atoms with Gasteiger partial charge in [-0.15, -0.1) is 0 Å². The SMILES string of the molecule is C[Si](C)(C)Oc1ccc(N(c2ccc([Si](C)(C)C)cc2)c2cc3c4ccccc4c(N(c4ccc(O[Si](C)(C)C)cc4)c4ccc([Si](C)(C)C)cc4)cc3c3ccccc23)cc1. The van der Waals surface area contributed by atoms with E-state index in [0.717, 1.165) is 45.6 Å². The van der Waals surface area contributed by atoms with Crippen LogP contribution >= 0.6 is 0 Å². The van der Waals surface area contributed by atoms with Gasteiger partial charge in [-0.25, -0.2) is 0 Å². The summed E-state index contributed by atoms with van der Waals surface area (Å²) in [7, 11) is -6.60. The van der Waals surface area contributed by atoms with E-state index in [2.05, 4.69) is 246 Å². The molecule has 8 rings (SSSR count). The van der Waals surface area contributed by atoms with Gasteiger partial charge in [0.15, 0.2) is 0 Å². The molecule has 0 amide bonds. The van der Waals surface area contributed by atoms with Crippen LogP contribution in [0.5, 0.6) is 11.5 Å². The molecule has 0 N–H and O–H groups in total. The summed E-state index contributed by atoms with van der Waals surface area (Å²) in [5.74, 6) is 1.84. The summed E-state index contributed by atoms with van der Waals surface area (Å²) >= 11 is 0. The second-order valence-electron chi connectivity index (χ2n) is 20.7. The van der Waals surface area contributed by atoms with Gasteiger partial charge in [0.1, 0.15) is 11.5 Å². The molecule has 0 aliphatic carbocycles. The smallest absolute Gasteiger partial charge is 0.242 e. The molecule has 0 saturated heterocycles. The summed E-state index contributed by atoms with van der Waals surface area (Å²) in [4.78, 5) is 4.88. The molecule has 0 unspecified atom stereocenters. The molecule has 0 aliphatic rings. The van der Waals surface area contributed by atoms with Gasteiger partial charge in [0.05, 0.1) is 27.5 Å². The highest BCUT2D eigenvalue weighted by Gasteiger charge is 2.25. The summed E-state index contributed by atoms with van der Waals surface area (Å²) in [5.41, 5.74) is 6.73. The lowest BCUT2D eigenvalue weighted by Gasteiger charge is -2.30. The van der Waals surface area contributed by atoms with Crippen LogP contribution in [0.1, 0.15) is 0 Å². The Hall–Kier alpha value is -5.39. The van der Waals surface area contributed by atoms with Crippen molar-refractivity contribution in [2.45, 2.75) is 78.6 Å². The standard InChI is InChI=1S/C54H62N2O2Si4/c1-59(2,3)45-33-25-41(26-34-45)55(39-21-29-43(30-22-39)57-61(7,8)9)53-37-51-48-18-14-16-20-50(48)54(38-52(51)47-17-13-15-19-49(47)53)56(42-27-35-46(36-28-42)60(4,5)6)40-23-31-44(32-24-40)58-62(10,11)12/h13-38H,1-12H3. The van der Waals surface area contributed by atoms with Gasteiger partial charge in [-0.2, -0.15) is 0 Å². The number of hydrogen-bond acceptors (Lipinski definition) is 4. The van der Waals surface area contributed by atoms with E-state index in [1.165, 1.54) is 42.7 Å². The molecule has 316 valence electrons. The molecule has 0 aliphatic heterocycles. The number of hydrogen-bond donors (Lipinski definition) is 0. The van der Waals surface area contributed by atoms with Crippen LogP contribution in [0.15, 0.2) is 158 Å². The van der Waals surface area contributed by atoms with Crippen LogP contribution in [0.2, 0.25) is 78.6 Å². The van der Waals surface area contributed by atoms with E-state index in [1.807, 2.05) is 0 Å². The first-order valence-electron chi connectivity index (χ1n) is 22.0. The van der Waals surface area contributed by atoms with E-state index < -0.39 is 32.8 Å².